The molecule has 0 aliphatic carbocycles. The fourth-order valence-corrected chi connectivity index (χ4v) is 3.00. The van der Waals surface area contributed by atoms with Crippen molar-refractivity contribution in [2.45, 2.75) is 59.2 Å². The Morgan fingerprint density at radius 3 is 2.80 bits per heavy atom. The molecule has 1 aliphatic heterocycles. The molecule has 1 atom stereocenters. The van der Waals surface area contributed by atoms with Crippen LogP contribution in [0.25, 0.3) is 0 Å². The minimum atomic E-state index is 0.484. The van der Waals surface area contributed by atoms with E-state index in [4.69, 9.17) is 0 Å². The maximum absolute atomic E-state index is 4.33. The van der Waals surface area contributed by atoms with Crippen molar-refractivity contribution in [3.8, 4) is 0 Å². The molecule has 20 heavy (non-hydrogen) atoms. The number of hydrogen-bond acceptors (Lipinski definition) is 3. The number of imidazole rings is 1. The van der Waals surface area contributed by atoms with Gasteiger partial charge in [-0.2, -0.15) is 0 Å². The van der Waals surface area contributed by atoms with Gasteiger partial charge in [0.05, 0.1) is 12.0 Å². The monoisotopic (exact) mass is 278 g/mol. The van der Waals surface area contributed by atoms with E-state index in [9.17, 15) is 0 Å². The SMILES string of the molecule is CC(C)N(Cc1cncn1C(C)C)CC1CCCNC1. The second-order valence-electron chi connectivity index (χ2n) is 6.62. The van der Waals surface area contributed by atoms with Crippen molar-refractivity contribution in [3.63, 3.8) is 0 Å². The first kappa shape index (κ1) is 15.5. The molecule has 114 valence electrons. The highest BCUT2D eigenvalue weighted by atomic mass is 15.2. The molecular formula is C16H30N4. The van der Waals surface area contributed by atoms with Gasteiger partial charge < -0.3 is 9.88 Å². The molecule has 1 fully saturated rings. The summed E-state index contributed by atoms with van der Waals surface area (Å²) in [6, 6.07) is 1.06. The van der Waals surface area contributed by atoms with E-state index in [0.717, 1.165) is 12.5 Å². The van der Waals surface area contributed by atoms with Crippen molar-refractivity contribution in [1.82, 2.24) is 19.8 Å². The number of nitrogens with zero attached hydrogens (tertiary/aromatic N) is 3. The summed E-state index contributed by atoms with van der Waals surface area (Å²) in [6.07, 6.45) is 6.66. The van der Waals surface area contributed by atoms with Gasteiger partial charge in [-0.15, -0.1) is 0 Å². The minimum Gasteiger partial charge on any atom is -0.331 e. The van der Waals surface area contributed by atoms with Gasteiger partial charge in [0.1, 0.15) is 0 Å². The van der Waals surface area contributed by atoms with Crippen LogP contribution in [0.2, 0.25) is 0 Å². The van der Waals surface area contributed by atoms with E-state index in [1.165, 1.54) is 38.2 Å². The van der Waals surface area contributed by atoms with Crippen LogP contribution in [0.3, 0.4) is 0 Å². The van der Waals surface area contributed by atoms with Gasteiger partial charge in [-0.1, -0.05) is 0 Å². The highest BCUT2D eigenvalue weighted by molar-refractivity contribution is 5.00. The number of hydrogen-bond donors (Lipinski definition) is 1. The molecule has 2 rings (SSSR count). The minimum absolute atomic E-state index is 0.484. The average Bonchev–Trinajstić information content (AvgIpc) is 2.87. The van der Waals surface area contributed by atoms with Crippen LogP contribution >= 0.6 is 0 Å². The third kappa shape index (κ3) is 4.06. The van der Waals surface area contributed by atoms with Crippen molar-refractivity contribution in [2.75, 3.05) is 19.6 Å². The molecule has 2 heterocycles. The highest BCUT2D eigenvalue weighted by Gasteiger charge is 2.20. The smallest absolute Gasteiger partial charge is 0.0951 e. The molecule has 0 saturated carbocycles. The standard InChI is InChI=1S/C16H30N4/c1-13(2)19(10-15-6-5-7-17-8-15)11-16-9-18-12-20(16)14(3)4/h9,12-15,17H,5-8,10-11H2,1-4H3. The third-order valence-corrected chi connectivity index (χ3v) is 4.29. The summed E-state index contributed by atoms with van der Waals surface area (Å²) in [5, 5.41) is 3.52. The first-order valence-corrected chi connectivity index (χ1v) is 8.03. The zero-order valence-corrected chi connectivity index (χ0v) is 13.5. The largest absolute Gasteiger partial charge is 0.331 e. The predicted octanol–water partition coefficient (Wildman–Crippen LogP) is 2.67. The Hall–Kier alpha value is -0.870. The Morgan fingerprint density at radius 1 is 1.40 bits per heavy atom. The first-order valence-electron chi connectivity index (χ1n) is 8.03. The van der Waals surface area contributed by atoms with Gasteiger partial charge >= 0.3 is 0 Å². The first-order chi connectivity index (χ1) is 9.58. The van der Waals surface area contributed by atoms with Gasteiger partial charge in [0.25, 0.3) is 0 Å². The van der Waals surface area contributed by atoms with E-state index in [0.29, 0.717) is 12.1 Å². The fourth-order valence-electron chi connectivity index (χ4n) is 3.00. The molecule has 1 aromatic heterocycles. The second-order valence-corrected chi connectivity index (χ2v) is 6.62. The summed E-state index contributed by atoms with van der Waals surface area (Å²) in [7, 11) is 0. The molecular weight excluding hydrogens is 248 g/mol. The van der Waals surface area contributed by atoms with Gasteiger partial charge in [0, 0.05) is 31.4 Å². The zero-order valence-electron chi connectivity index (χ0n) is 13.5. The Labute approximate surface area is 123 Å². The normalized spacial score (nSPS) is 20.2. The molecule has 1 N–H and O–H groups in total. The Morgan fingerprint density at radius 2 is 2.20 bits per heavy atom. The van der Waals surface area contributed by atoms with Crippen molar-refractivity contribution < 1.29 is 0 Å². The topological polar surface area (TPSA) is 33.1 Å². The fraction of sp³-hybridized carbons (Fsp3) is 0.812. The molecule has 0 spiro atoms. The number of rotatable bonds is 6. The lowest BCUT2D eigenvalue weighted by atomic mass is 9.98. The van der Waals surface area contributed by atoms with Crippen molar-refractivity contribution in [3.05, 3.63) is 18.2 Å². The van der Waals surface area contributed by atoms with Crippen LogP contribution in [0, 0.1) is 5.92 Å². The lowest BCUT2D eigenvalue weighted by Crippen LogP contribution is -2.41. The lowest BCUT2D eigenvalue weighted by molar-refractivity contribution is 0.160. The summed E-state index contributed by atoms with van der Waals surface area (Å²) in [4.78, 5) is 6.92. The van der Waals surface area contributed by atoms with Gasteiger partial charge in [0.2, 0.25) is 0 Å². The van der Waals surface area contributed by atoms with Gasteiger partial charge in [-0.25, -0.2) is 4.98 Å². The molecule has 4 nitrogen and oxygen atoms in total. The Bertz CT molecular complexity index is 391. The van der Waals surface area contributed by atoms with Gasteiger partial charge in [0.15, 0.2) is 0 Å². The van der Waals surface area contributed by atoms with Crippen molar-refractivity contribution >= 4 is 0 Å². The molecule has 0 amide bonds. The molecule has 0 bridgehead atoms. The van der Waals surface area contributed by atoms with Crippen LogP contribution in [-0.4, -0.2) is 40.1 Å². The maximum Gasteiger partial charge on any atom is 0.0951 e. The number of nitrogens with one attached hydrogen (secondary N) is 1. The summed E-state index contributed by atoms with van der Waals surface area (Å²) in [5.41, 5.74) is 1.33. The number of piperidine rings is 1. The van der Waals surface area contributed by atoms with E-state index < -0.39 is 0 Å². The van der Waals surface area contributed by atoms with Crippen molar-refractivity contribution in [2.24, 2.45) is 5.92 Å². The van der Waals surface area contributed by atoms with Gasteiger partial charge in [-0.3, -0.25) is 4.90 Å². The Balaban J connectivity index is 1.99. The van der Waals surface area contributed by atoms with Crippen LogP contribution in [0.5, 0.6) is 0 Å². The van der Waals surface area contributed by atoms with Crippen LogP contribution in [0.1, 0.15) is 52.3 Å². The quantitative estimate of drug-likeness (QED) is 0.868. The molecule has 0 radical (unpaired) electrons. The van der Waals surface area contributed by atoms with Gasteiger partial charge in [-0.05, 0) is 59.5 Å². The molecule has 0 aromatic carbocycles. The zero-order chi connectivity index (χ0) is 14.5. The lowest BCUT2D eigenvalue weighted by Gasteiger charge is -2.33. The molecule has 1 aromatic rings. The molecule has 1 aliphatic rings. The average molecular weight is 278 g/mol. The molecule has 1 unspecified atom stereocenters. The third-order valence-electron chi connectivity index (χ3n) is 4.29. The van der Waals surface area contributed by atoms with Crippen molar-refractivity contribution in [1.29, 1.82) is 0 Å². The van der Waals surface area contributed by atoms with E-state index in [-0.39, 0.29) is 0 Å². The van der Waals surface area contributed by atoms with Crippen LogP contribution < -0.4 is 5.32 Å². The molecule has 4 heteroatoms. The number of aromatic nitrogens is 2. The Kier molecular flexibility index (Phi) is 5.61. The summed E-state index contributed by atoms with van der Waals surface area (Å²) >= 11 is 0. The second kappa shape index (κ2) is 7.23. The van der Waals surface area contributed by atoms with E-state index in [1.54, 1.807) is 0 Å². The summed E-state index contributed by atoms with van der Waals surface area (Å²) in [6.45, 7) is 13.6. The van der Waals surface area contributed by atoms with E-state index in [1.807, 2.05) is 12.5 Å². The summed E-state index contributed by atoms with van der Waals surface area (Å²) < 4.78 is 2.29. The predicted molar refractivity (Wildman–Crippen MR) is 83.8 cm³/mol. The van der Waals surface area contributed by atoms with E-state index >= 15 is 0 Å². The highest BCUT2D eigenvalue weighted by Crippen LogP contribution is 2.17. The molecule has 1 saturated heterocycles. The summed E-state index contributed by atoms with van der Waals surface area (Å²) in [5.74, 6) is 0.793. The van der Waals surface area contributed by atoms with Crippen LogP contribution in [0.4, 0.5) is 0 Å². The maximum atomic E-state index is 4.33. The van der Waals surface area contributed by atoms with Crippen LogP contribution in [-0.2, 0) is 6.54 Å². The van der Waals surface area contributed by atoms with E-state index in [2.05, 4.69) is 47.5 Å². The van der Waals surface area contributed by atoms with Crippen LogP contribution in [0.15, 0.2) is 12.5 Å².